The highest BCUT2D eigenvalue weighted by Gasteiger charge is 2.18. The average molecular weight is 373 g/mol. The standard InChI is InChI=1S/C19H17ClN2O4/c1-12(19(24)21-14-8-6-13(20)7-9-14)25-18(23)11-10-17-22-15-4-2-3-5-16(15)26-17/h2-9,12H,10-11H2,1H3,(H,21,24)/t12-/m0/s1. The number of oxazole rings is 1. The Morgan fingerprint density at radius 3 is 2.65 bits per heavy atom. The molecule has 1 heterocycles. The summed E-state index contributed by atoms with van der Waals surface area (Å²) in [5.74, 6) is -0.449. The SMILES string of the molecule is C[C@H](OC(=O)CCc1nc2ccccc2o1)C(=O)Nc1ccc(Cl)cc1. The molecule has 0 radical (unpaired) electrons. The van der Waals surface area contributed by atoms with Gasteiger partial charge in [-0.25, -0.2) is 4.98 Å². The van der Waals surface area contributed by atoms with Gasteiger partial charge in [0.05, 0.1) is 6.42 Å². The van der Waals surface area contributed by atoms with Crippen molar-refractivity contribution in [1.82, 2.24) is 4.98 Å². The molecule has 6 nitrogen and oxygen atoms in total. The van der Waals surface area contributed by atoms with Gasteiger partial charge >= 0.3 is 5.97 Å². The Morgan fingerprint density at radius 1 is 1.19 bits per heavy atom. The van der Waals surface area contributed by atoms with Gasteiger partial charge < -0.3 is 14.5 Å². The van der Waals surface area contributed by atoms with Gasteiger partial charge in [0.15, 0.2) is 17.6 Å². The van der Waals surface area contributed by atoms with E-state index in [2.05, 4.69) is 10.3 Å². The number of amides is 1. The Hall–Kier alpha value is -2.86. The molecular weight excluding hydrogens is 356 g/mol. The molecule has 0 aliphatic carbocycles. The molecule has 0 fully saturated rings. The summed E-state index contributed by atoms with van der Waals surface area (Å²) in [6.07, 6.45) is -0.536. The number of ether oxygens (including phenoxy) is 1. The number of aryl methyl sites for hydroxylation is 1. The van der Waals surface area contributed by atoms with Crippen molar-refractivity contribution in [2.24, 2.45) is 0 Å². The second-order valence-corrected chi connectivity index (χ2v) is 6.14. The molecule has 0 unspecified atom stereocenters. The van der Waals surface area contributed by atoms with Gasteiger partial charge in [-0.2, -0.15) is 0 Å². The largest absolute Gasteiger partial charge is 0.453 e. The molecule has 1 N–H and O–H groups in total. The summed E-state index contributed by atoms with van der Waals surface area (Å²) in [4.78, 5) is 28.3. The van der Waals surface area contributed by atoms with Crippen LogP contribution in [-0.4, -0.2) is 23.0 Å². The number of fused-ring (bicyclic) bond motifs is 1. The van der Waals surface area contributed by atoms with Crippen LogP contribution >= 0.6 is 11.6 Å². The fourth-order valence-electron chi connectivity index (χ4n) is 2.32. The summed E-state index contributed by atoms with van der Waals surface area (Å²) in [7, 11) is 0. The number of carbonyl (C=O) groups is 2. The molecule has 1 atom stereocenters. The van der Waals surface area contributed by atoms with Crippen LogP contribution in [0.15, 0.2) is 52.9 Å². The first-order chi connectivity index (χ1) is 12.5. The molecule has 2 aromatic carbocycles. The van der Waals surface area contributed by atoms with Crippen LogP contribution < -0.4 is 5.32 Å². The van der Waals surface area contributed by atoms with Crippen LogP contribution in [0.5, 0.6) is 0 Å². The number of para-hydroxylation sites is 2. The van der Waals surface area contributed by atoms with Crippen LogP contribution in [0.1, 0.15) is 19.2 Å². The topological polar surface area (TPSA) is 81.4 Å². The molecule has 134 valence electrons. The molecule has 0 aliphatic heterocycles. The monoisotopic (exact) mass is 372 g/mol. The van der Waals surface area contributed by atoms with Gasteiger partial charge in [0.25, 0.3) is 5.91 Å². The Balaban J connectivity index is 1.48. The van der Waals surface area contributed by atoms with Crippen LogP contribution in [0.4, 0.5) is 5.69 Å². The van der Waals surface area contributed by atoms with Gasteiger partial charge in [-0.1, -0.05) is 23.7 Å². The van der Waals surface area contributed by atoms with Crippen LogP contribution in [0.25, 0.3) is 11.1 Å². The molecule has 7 heteroatoms. The number of anilines is 1. The van der Waals surface area contributed by atoms with Crippen LogP contribution in [-0.2, 0) is 20.7 Å². The predicted octanol–water partition coefficient (Wildman–Crippen LogP) is 3.98. The van der Waals surface area contributed by atoms with Crippen LogP contribution in [0.2, 0.25) is 5.02 Å². The summed E-state index contributed by atoms with van der Waals surface area (Å²) >= 11 is 5.80. The number of hydrogen-bond acceptors (Lipinski definition) is 5. The molecule has 26 heavy (non-hydrogen) atoms. The first-order valence-corrected chi connectivity index (χ1v) is 8.49. The summed E-state index contributed by atoms with van der Waals surface area (Å²) in [6.45, 7) is 1.52. The number of nitrogens with one attached hydrogen (secondary N) is 1. The quantitative estimate of drug-likeness (QED) is 0.662. The Labute approximate surface area is 155 Å². The lowest BCUT2D eigenvalue weighted by molar-refractivity contribution is -0.153. The number of nitrogens with zero attached hydrogens (tertiary/aromatic N) is 1. The van der Waals surface area contributed by atoms with E-state index in [-0.39, 0.29) is 6.42 Å². The van der Waals surface area contributed by atoms with Gasteiger partial charge in [-0.3, -0.25) is 9.59 Å². The van der Waals surface area contributed by atoms with E-state index < -0.39 is 18.0 Å². The van der Waals surface area contributed by atoms with E-state index in [0.717, 1.165) is 5.52 Å². The maximum absolute atomic E-state index is 12.1. The van der Waals surface area contributed by atoms with Crippen molar-refractivity contribution < 1.29 is 18.7 Å². The van der Waals surface area contributed by atoms with Gasteiger partial charge in [-0.15, -0.1) is 0 Å². The van der Waals surface area contributed by atoms with Gasteiger partial charge in [-0.05, 0) is 43.3 Å². The molecule has 1 aromatic heterocycles. The minimum absolute atomic E-state index is 0.0748. The molecular formula is C19H17ClN2O4. The molecule has 0 bridgehead atoms. The minimum atomic E-state index is -0.915. The molecule has 0 aliphatic rings. The van der Waals surface area contributed by atoms with Crippen molar-refractivity contribution in [3.8, 4) is 0 Å². The van der Waals surface area contributed by atoms with Gasteiger partial charge in [0.2, 0.25) is 0 Å². The number of halogens is 1. The second kappa shape index (κ2) is 8.01. The highest BCUT2D eigenvalue weighted by molar-refractivity contribution is 6.30. The Morgan fingerprint density at radius 2 is 1.92 bits per heavy atom. The molecule has 0 saturated carbocycles. The molecule has 0 saturated heterocycles. The third-order valence-corrected chi connectivity index (χ3v) is 3.92. The maximum Gasteiger partial charge on any atom is 0.307 e. The summed E-state index contributed by atoms with van der Waals surface area (Å²) in [5, 5.41) is 3.23. The molecule has 3 aromatic rings. The van der Waals surface area contributed by atoms with Crippen molar-refractivity contribution in [2.75, 3.05) is 5.32 Å². The number of esters is 1. The smallest absolute Gasteiger partial charge is 0.307 e. The van der Waals surface area contributed by atoms with Crippen LogP contribution in [0.3, 0.4) is 0 Å². The lowest BCUT2D eigenvalue weighted by Gasteiger charge is -2.13. The molecule has 0 spiro atoms. The van der Waals surface area contributed by atoms with Crippen molar-refractivity contribution in [2.45, 2.75) is 25.9 Å². The summed E-state index contributed by atoms with van der Waals surface area (Å²) in [6, 6.07) is 14.0. The van der Waals surface area contributed by atoms with E-state index in [4.69, 9.17) is 20.8 Å². The van der Waals surface area contributed by atoms with Crippen molar-refractivity contribution >= 4 is 40.3 Å². The zero-order valence-electron chi connectivity index (χ0n) is 14.1. The van der Waals surface area contributed by atoms with E-state index in [1.54, 1.807) is 24.3 Å². The van der Waals surface area contributed by atoms with E-state index in [1.807, 2.05) is 24.3 Å². The van der Waals surface area contributed by atoms with Crippen molar-refractivity contribution in [1.29, 1.82) is 0 Å². The van der Waals surface area contributed by atoms with E-state index in [9.17, 15) is 9.59 Å². The molecule has 1 amide bonds. The Kier molecular flexibility index (Phi) is 5.53. The fraction of sp³-hybridized carbons (Fsp3) is 0.211. The third kappa shape index (κ3) is 4.61. The number of aromatic nitrogens is 1. The predicted molar refractivity (Wildman–Crippen MR) is 98.0 cm³/mol. The number of rotatable bonds is 6. The van der Waals surface area contributed by atoms with Crippen molar-refractivity contribution in [3.63, 3.8) is 0 Å². The maximum atomic E-state index is 12.1. The average Bonchev–Trinajstić information content (AvgIpc) is 3.05. The van der Waals surface area contributed by atoms with Crippen LogP contribution in [0, 0.1) is 0 Å². The molecule has 3 rings (SSSR count). The lowest BCUT2D eigenvalue weighted by atomic mass is 10.3. The third-order valence-electron chi connectivity index (χ3n) is 3.67. The second-order valence-electron chi connectivity index (χ2n) is 5.70. The number of benzene rings is 2. The van der Waals surface area contributed by atoms with Gasteiger partial charge in [0.1, 0.15) is 5.52 Å². The minimum Gasteiger partial charge on any atom is -0.453 e. The summed E-state index contributed by atoms with van der Waals surface area (Å²) < 4.78 is 10.7. The normalized spacial score (nSPS) is 11.9. The zero-order valence-corrected chi connectivity index (χ0v) is 14.8. The number of carbonyl (C=O) groups excluding carboxylic acids is 2. The first kappa shape index (κ1) is 17.9. The first-order valence-electron chi connectivity index (χ1n) is 8.11. The van der Waals surface area contributed by atoms with E-state index in [0.29, 0.717) is 28.6 Å². The van der Waals surface area contributed by atoms with Gasteiger partial charge in [0, 0.05) is 17.1 Å². The van der Waals surface area contributed by atoms with E-state index >= 15 is 0 Å². The summed E-state index contributed by atoms with van der Waals surface area (Å²) in [5.41, 5.74) is 1.99. The van der Waals surface area contributed by atoms with E-state index in [1.165, 1.54) is 6.92 Å². The van der Waals surface area contributed by atoms with Crippen molar-refractivity contribution in [3.05, 3.63) is 59.4 Å². The lowest BCUT2D eigenvalue weighted by Crippen LogP contribution is -2.30. The zero-order chi connectivity index (χ0) is 18.5. The number of hydrogen-bond donors (Lipinski definition) is 1. The Bertz CT molecular complexity index is 888. The fourth-order valence-corrected chi connectivity index (χ4v) is 2.45. The highest BCUT2D eigenvalue weighted by Crippen LogP contribution is 2.16. The highest BCUT2D eigenvalue weighted by atomic mass is 35.5.